The van der Waals surface area contributed by atoms with Crippen LogP contribution in [0.1, 0.15) is 52.4 Å². The quantitative estimate of drug-likeness (QED) is 0.138. The maximum Gasteiger partial charge on any atom is 0.306 e. The minimum absolute atomic E-state index is 0. The van der Waals surface area contributed by atoms with Crippen LogP contribution >= 0.6 is 24.0 Å². The number of fused-ring (bicyclic) bond motifs is 6. The Labute approximate surface area is 400 Å². The molecule has 66 heavy (non-hydrogen) atoms. The number of allylic oxidation sites excluding steroid dienone is 3. The van der Waals surface area contributed by atoms with E-state index in [1.165, 1.54) is 0 Å². The Balaban J connectivity index is 0.00000952. The number of ketones is 1. The molecule has 3 saturated carbocycles. The van der Waals surface area contributed by atoms with Gasteiger partial charge in [0.05, 0.1) is 5.57 Å². The highest BCUT2D eigenvalue weighted by Gasteiger charge is 2.72. The third kappa shape index (κ3) is 11.2. The maximum atomic E-state index is 13.3. The predicted octanol–water partition coefficient (Wildman–Crippen LogP) is 11.5. The average Bonchev–Trinajstić information content (AvgIpc) is 3.79. The Kier molecular flexibility index (Phi) is 18.2. The Hall–Kier alpha value is -9.35. The molecule has 0 bridgehead atoms. The molecule has 0 aromatic heterocycles. The fraction of sp³-hybridized carbons (Fsp3) is 0.226. The van der Waals surface area contributed by atoms with Crippen molar-refractivity contribution in [1.29, 1.82) is 0 Å². The lowest BCUT2D eigenvalue weighted by Gasteiger charge is -2.58. The molecule has 0 N–H and O–H groups in total. The second-order valence-electron chi connectivity index (χ2n) is 14.6. The molecule has 4 heteroatoms. The molecule has 1 saturated heterocycles. The maximum absolute atomic E-state index is 13.3. The van der Waals surface area contributed by atoms with Gasteiger partial charge in [0.2, 0.25) is 0 Å². The van der Waals surface area contributed by atoms with E-state index in [2.05, 4.69) is 246 Å². The number of esters is 1. The summed E-state index contributed by atoms with van der Waals surface area (Å²) in [4.78, 5) is 26.5. The number of halogens is 1. The summed E-state index contributed by atoms with van der Waals surface area (Å²) in [7, 11) is 0. The summed E-state index contributed by atoms with van der Waals surface area (Å²) in [6, 6.07) is 0. The summed E-state index contributed by atoms with van der Waals surface area (Å²) in [5.74, 6) is -1.14. The summed E-state index contributed by atoms with van der Waals surface area (Å²) in [5.41, 5.74) is 99.2. The van der Waals surface area contributed by atoms with Crippen LogP contribution in [-0.2, 0) is 14.3 Å². The average molecular weight is 951 g/mol. The molecule has 0 radical (unpaired) electrons. The summed E-state index contributed by atoms with van der Waals surface area (Å²) < 4.78 is 6.49. The molecule has 5 rings (SSSR count). The monoisotopic (exact) mass is 950 g/mol. The molecule has 304 valence electrons. The van der Waals surface area contributed by atoms with E-state index in [-0.39, 0.29) is 54.0 Å². The molecular weight excluding hydrogens is 920 g/mol. The van der Waals surface area contributed by atoms with Crippen LogP contribution < -0.4 is 0 Å². The molecule has 0 amide bonds. The van der Waals surface area contributed by atoms with Crippen LogP contribution in [-0.4, -0.2) is 17.4 Å². The smallest absolute Gasteiger partial charge is 0.306 e. The Morgan fingerprint density at radius 1 is 0.515 bits per heavy atom. The van der Waals surface area contributed by atoms with E-state index < -0.39 is 22.3 Å². The van der Waals surface area contributed by atoms with E-state index in [4.69, 9.17) is 4.74 Å². The van der Waals surface area contributed by atoms with Crippen molar-refractivity contribution in [3.8, 4) is 0 Å². The Morgan fingerprint density at radius 3 is 1.42 bits per heavy atom. The van der Waals surface area contributed by atoms with Gasteiger partial charge in [0.15, 0.2) is 11.4 Å². The lowest BCUT2D eigenvalue weighted by atomic mass is 9.44. The first-order chi connectivity index (χ1) is 31.7. The van der Waals surface area contributed by atoms with Crippen molar-refractivity contribution in [2.24, 2.45) is 28.6 Å². The van der Waals surface area contributed by atoms with Crippen molar-refractivity contribution in [3.05, 3.63) is 267 Å². The highest BCUT2D eigenvalue weighted by Crippen LogP contribution is 2.73. The fourth-order valence-corrected chi connectivity index (χ4v) is 9.01. The van der Waals surface area contributed by atoms with Crippen molar-refractivity contribution in [3.63, 3.8) is 0 Å². The van der Waals surface area contributed by atoms with E-state index in [1.807, 2.05) is 0 Å². The molecule has 4 aliphatic carbocycles. The van der Waals surface area contributed by atoms with Gasteiger partial charge in [-0.15, -0.1) is 24.0 Å². The topological polar surface area (TPSA) is 43.4 Å². The minimum Gasteiger partial charge on any atom is -0.453 e. The zero-order valence-electron chi connectivity index (χ0n) is 36.0. The van der Waals surface area contributed by atoms with Crippen molar-refractivity contribution in [1.82, 2.24) is 0 Å². The van der Waals surface area contributed by atoms with E-state index in [1.54, 1.807) is 6.08 Å². The zero-order chi connectivity index (χ0) is 46.4. The zero-order valence-corrected chi connectivity index (χ0v) is 38.3. The van der Waals surface area contributed by atoms with Crippen LogP contribution in [0.15, 0.2) is 267 Å². The van der Waals surface area contributed by atoms with Crippen LogP contribution in [0.5, 0.6) is 0 Å². The number of hydrogen-bond acceptors (Lipinski definition) is 3. The third-order valence-corrected chi connectivity index (χ3v) is 11.5. The standard InChI is InChI=1S/C62H30O3.HI/c1-7-11-15-18-20-22-24-26-28-30-32-34-38-42-54-53(41-37-33-31-29-27-25-23-21-19-16-12-8-2)59-58-52(40-36-17-13-9-3)51(39-35-14-10-4)56-49-50(63)43-46-60(56,5)55(58)44-47-61(59,6)62(54)48-45-57(64)65-62;/h49,55,58-59H,1-4,43-48H2,5-6H3;1H/t55?,58?,59-,60?,61?,62?;/m0./s1. The van der Waals surface area contributed by atoms with Gasteiger partial charge in [-0.1, -0.05) is 59.7 Å². The molecule has 0 aromatic carbocycles. The van der Waals surface area contributed by atoms with Crippen molar-refractivity contribution in [2.45, 2.75) is 58.0 Å². The van der Waals surface area contributed by atoms with E-state index in [0.717, 1.165) is 12.0 Å². The number of carbonyl (C=O) groups excluding carboxylic acids is 2. The normalized spacial score (nSPS) is 22.6. The molecule has 5 aliphatic rings. The van der Waals surface area contributed by atoms with Gasteiger partial charge in [0.25, 0.3) is 0 Å². The molecular formula is C62H31IO3. The van der Waals surface area contributed by atoms with E-state index in [0.29, 0.717) is 48.0 Å². The molecule has 6 atom stereocenters. The molecule has 1 aliphatic heterocycles. The lowest BCUT2D eigenvalue weighted by molar-refractivity contribution is -0.160. The van der Waals surface area contributed by atoms with Gasteiger partial charge in [-0.25, -0.2) is 0 Å². The highest BCUT2D eigenvalue weighted by atomic mass is 127. The first kappa shape index (κ1) is 49.3. The van der Waals surface area contributed by atoms with Crippen molar-refractivity contribution >= 4 is 35.7 Å². The molecule has 1 heterocycles. The van der Waals surface area contributed by atoms with Gasteiger partial charge in [-0.05, 0) is 229 Å². The van der Waals surface area contributed by atoms with Crippen LogP contribution in [0.25, 0.3) is 0 Å². The first-order valence-corrected chi connectivity index (χ1v) is 19.8. The second kappa shape index (κ2) is 24.3. The number of carbonyl (C=O) groups is 2. The molecule has 3 nitrogen and oxygen atoms in total. The summed E-state index contributed by atoms with van der Waals surface area (Å²) in [5, 5.41) is 0. The molecule has 0 aromatic rings. The highest BCUT2D eigenvalue weighted by molar-refractivity contribution is 14.0. The van der Waals surface area contributed by atoms with Crippen molar-refractivity contribution in [2.75, 3.05) is 0 Å². The van der Waals surface area contributed by atoms with Crippen molar-refractivity contribution < 1.29 is 14.3 Å². The summed E-state index contributed by atoms with van der Waals surface area (Å²) in [6.45, 7) is 18.3. The fourth-order valence-electron chi connectivity index (χ4n) is 9.01. The van der Waals surface area contributed by atoms with E-state index >= 15 is 0 Å². The molecule has 1 spiro atoms. The van der Waals surface area contributed by atoms with Crippen LogP contribution in [0.2, 0.25) is 0 Å². The SMILES string of the molecule is C=C=C=C=C=C=C=C=C=C=C=C=C=C=C=C1C(=C=C=C=C=C=C=C=C=C=C=C=C=C=C)[C@H]2C3C(=C=C=C=C=C=C)C(=C=C=C=C=C)C4=CC(=O)CCC4(C)C3CCC2(C)C12CCC(=O)O2.I. The van der Waals surface area contributed by atoms with E-state index in [9.17, 15) is 9.59 Å². The number of rotatable bonds is 0. The van der Waals surface area contributed by atoms with Crippen LogP contribution in [0.4, 0.5) is 0 Å². The van der Waals surface area contributed by atoms with Gasteiger partial charge in [0.1, 0.15) is 0 Å². The predicted molar refractivity (Wildman–Crippen MR) is 255 cm³/mol. The largest absolute Gasteiger partial charge is 0.453 e. The number of ether oxygens (including phenoxy) is 1. The second-order valence-corrected chi connectivity index (χ2v) is 14.6. The first-order valence-electron chi connectivity index (χ1n) is 19.8. The summed E-state index contributed by atoms with van der Waals surface area (Å²) in [6.07, 6.45) is 4.60. The van der Waals surface area contributed by atoms with Crippen LogP contribution in [0, 0.1) is 28.6 Å². The Morgan fingerprint density at radius 2 is 0.939 bits per heavy atom. The Bertz CT molecular complexity index is 3840. The van der Waals surface area contributed by atoms with Gasteiger partial charge in [-0.3, -0.25) is 9.59 Å². The van der Waals surface area contributed by atoms with Gasteiger partial charge in [-0.2, -0.15) is 0 Å². The van der Waals surface area contributed by atoms with Gasteiger partial charge in [0, 0.05) is 53.2 Å². The van der Waals surface area contributed by atoms with Gasteiger partial charge >= 0.3 is 5.97 Å². The molecule has 5 unspecified atom stereocenters. The number of hydrogen-bond donors (Lipinski definition) is 0. The lowest BCUT2D eigenvalue weighted by Crippen LogP contribution is -2.56. The summed E-state index contributed by atoms with van der Waals surface area (Å²) >= 11 is 0. The third-order valence-electron chi connectivity index (χ3n) is 11.5. The molecule has 4 fully saturated rings. The van der Waals surface area contributed by atoms with Gasteiger partial charge < -0.3 is 4.74 Å². The minimum atomic E-state index is -1.16. The van der Waals surface area contributed by atoms with Crippen LogP contribution in [0.3, 0.4) is 0 Å².